The average molecular weight is 261 g/mol. The van der Waals surface area contributed by atoms with Gasteiger partial charge < -0.3 is 0 Å². The molecule has 0 saturated carbocycles. The number of benzene rings is 1. The second kappa shape index (κ2) is 6.64. The monoisotopic (exact) mass is 261 g/mol. The Morgan fingerprint density at radius 3 is 2.78 bits per heavy atom. The Balaban J connectivity index is 2.09. The standard InChI is InChI=1S/C15H19NOS/c1-2-3-4-7-12-18-16-11-10-15(17)13-8-5-6-9-14(13)16/h5-6,8-11H,2-4,7,12H2,1H3. The molecule has 0 aliphatic rings. The maximum Gasteiger partial charge on any atom is 0.189 e. The van der Waals surface area contributed by atoms with Crippen molar-refractivity contribution >= 4 is 22.9 Å². The number of hydrogen-bond donors (Lipinski definition) is 0. The number of pyridine rings is 1. The van der Waals surface area contributed by atoms with E-state index in [9.17, 15) is 4.79 Å². The molecule has 1 heterocycles. The normalized spacial score (nSPS) is 10.9. The van der Waals surface area contributed by atoms with Crippen molar-refractivity contribution in [3.8, 4) is 0 Å². The summed E-state index contributed by atoms with van der Waals surface area (Å²) in [4.78, 5) is 11.7. The summed E-state index contributed by atoms with van der Waals surface area (Å²) in [5.41, 5.74) is 1.12. The van der Waals surface area contributed by atoms with Gasteiger partial charge in [0.25, 0.3) is 0 Å². The Bertz CT molecular complexity index is 562. The maximum absolute atomic E-state index is 11.7. The van der Waals surface area contributed by atoms with Gasteiger partial charge in [-0.1, -0.05) is 38.3 Å². The Labute approximate surface area is 112 Å². The summed E-state index contributed by atoms with van der Waals surface area (Å²) in [5, 5.41) is 0.807. The molecule has 0 unspecified atom stereocenters. The van der Waals surface area contributed by atoms with Gasteiger partial charge in [0, 0.05) is 23.4 Å². The highest BCUT2D eigenvalue weighted by atomic mass is 32.2. The molecule has 2 nitrogen and oxygen atoms in total. The first-order chi connectivity index (χ1) is 8.83. The second-order valence-electron chi connectivity index (χ2n) is 4.42. The van der Waals surface area contributed by atoms with Crippen molar-refractivity contribution in [2.75, 3.05) is 5.75 Å². The first-order valence-electron chi connectivity index (χ1n) is 6.56. The van der Waals surface area contributed by atoms with Gasteiger partial charge in [-0.05, 0) is 30.5 Å². The number of hydrogen-bond acceptors (Lipinski definition) is 2. The van der Waals surface area contributed by atoms with Crippen molar-refractivity contribution in [1.82, 2.24) is 3.97 Å². The van der Waals surface area contributed by atoms with Gasteiger partial charge in [0.2, 0.25) is 0 Å². The largest absolute Gasteiger partial charge is 0.291 e. The molecule has 0 aliphatic carbocycles. The summed E-state index contributed by atoms with van der Waals surface area (Å²) < 4.78 is 2.11. The summed E-state index contributed by atoms with van der Waals surface area (Å²) >= 11 is 1.79. The summed E-state index contributed by atoms with van der Waals surface area (Å²) in [6.45, 7) is 2.22. The van der Waals surface area contributed by atoms with E-state index >= 15 is 0 Å². The molecule has 2 aromatic rings. The van der Waals surface area contributed by atoms with E-state index in [0.717, 1.165) is 16.7 Å². The Kier molecular flexibility index (Phi) is 4.88. The fourth-order valence-corrected chi connectivity index (χ4v) is 2.96. The van der Waals surface area contributed by atoms with Crippen LogP contribution in [0.4, 0.5) is 0 Å². The van der Waals surface area contributed by atoms with Crippen LogP contribution in [0.5, 0.6) is 0 Å². The molecule has 18 heavy (non-hydrogen) atoms. The molecule has 96 valence electrons. The third-order valence-electron chi connectivity index (χ3n) is 3.00. The summed E-state index contributed by atoms with van der Waals surface area (Å²) in [6, 6.07) is 9.46. The molecule has 1 aromatic carbocycles. The highest BCUT2D eigenvalue weighted by molar-refractivity contribution is 7.97. The van der Waals surface area contributed by atoms with E-state index in [-0.39, 0.29) is 5.43 Å². The van der Waals surface area contributed by atoms with E-state index in [2.05, 4.69) is 10.9 Å². The number of unbranched alkanes of at least 4 members (excludes halogenated alkanes) is 3. The number of para-hydroxylation sites is 1. The lowest BCUT2D eigenvalue weighted by Gasteiger charge is -2.09. The molecule has 3 heteroatoms. The van der Waals surface area contributed by atoms with Crippen LogP contribution in [-0.4, -0.2) is 9.73 Å². The Morgan fingerprint density at radius 2 is 1.94 bits per heavy atom. The lowest BCUT2D eigenvalue weighted by Crippen LogP contribution is -2.04. The van der Waals surface area contributed by atoms with Crippen LogP contribution in [0.25, 0.3) is 10.9 Å². The van der Waals surface area contributed by atoms with E-state index in [1.54, 1.807) is 18.0 Å². The van der Waals surface area contributed by atoms with Crippen LogP contribution in [0.15, 0.2) is 41.3 Å². The van der Waals surface area contributed by atoms with Crippen LogP contribution in [-0.2, 0) is 0 Å². The smallest absolute Gasteiger partial charge is 0.189 e. The van der Waals surface area contributed by atoms with Gasteiger partial charge in [0.15, 0.2) is 5.43 Å². The molecule has 2 rings (SSSR count). The first kappa shape index (κ1) is 13.2. The van der Waals surface area contributed by atoms with Crippen molar-refractivity contribution in [2.45, 2.75) is 32.6 Å². The fourth-order valence-electron chi connectivity index (χ4n) is 1.98. The zero-order valence-corrected chi connectivity index (χ0v) is 11.6. The van der Waals surface area contributed by atoms with Gasteiger partial charge in [-0.25, -0.2) is 0 Å². The van der Waals surface area contributed by atoms with Crippen LogP contribution < -0.4 is 5.43 Å². The quantitative estimate of drug-likeness (QED) is 0.731. The highest BCUT2D eigenvalue weighted by Crippen LogP contribution is 2.17. The van der Waals surface area contributed by atoms with E-state index in [0.29, 0.717) is 0 Å². The van der Waals surface area contributed by atoms with E-state index in [4.69, 9.17) is 0 Å². The number of nitrogens with zero attached hydrogens (tertiary/aromatic N) is 1. The van der Waals surface area contributed by atoms with Gasteiger partial charge in [-0.2, -0.15) is 0 Å². The van der Waals surface area contributed by atoms with Gasteiger partial charge in [-0.3, -0.25) is 8.77 Å². The van der Waals surface area contributed by atoms with Crippen LogP contribution in [0.2, 0.25) is 0 Å². The Morgan fingerprint density at radius 1 is 1.11 bits per heavy atom. The topological polar surface area (TPSA) is 22.0 Å². The van der Waals surface area contributed by atoms with Crippen LogP contribution in [0.3, 0.4) is 0 Å². The van der Waals surface area contributed by atoms with Crippen LogP contribution in [0.1, 0.15) is 32.6 Å². The minimum atomic E-state index is 0.105. The van der Waals surface area contributed by atoms with Crippen molar-refractivity contribution < 1.29 is 0 Å². The zero-order valence-electron chi connectivity index (χ0n) is 10.8. The first-order valence-corrected chi connectivity index (χ1v) is 7.51. The molecule has 0 fully saturated rings. The lowest BCUT2D eigenvalue weighted by atomic mass is 10.2. The van der Waals surface area contributed by atoms with Gasteiger partial charge in [-0.15, -0.1) is 0 Å². The maximum atomic E-state index is 11.7. The minimum absolute atomic E-state index is 0.105. The molecule has 0 atom stereocenters. The molecule has 0 saturated heterocycles. The molecular weight excluding hydrogens is 242 g/mol. The molecule has 0 spiro atoms. The summed E-state index contributed by atoms with van der Waals surface area (Å²) in [7, 11) is 0. The third-order valence-corrected chi connectivity index (χ3v) is 4.06. The van der Waals surface area contributed by atoms with Crippen LogP contribution in [0, 0.1) is 0 Å². The van der Waals surface area contributed by atoms with Crippen molar-refractivity contribution in [1.29, 1.82) is 0 Å². The number of fused-ring (bicyclic) bond motifs is 1. The van der Waals surface area contributed by atoms with E-state index in [1.165, 1.54) is 25.7 Å². The molecule has 0 N–H and O–H groups in total. The molecule has 0 aliphatic heterocycles. The molecule has 0 radical (unpaired) electrons. The van der Waals surface area contributed by atoms with Gasteiger partial charge in [0.1, 0.15) is 0 Å². The van der Waals surface area contributed by atoms with Gasteiger partial charge in [0.05, 0.1) is 5.52 Å². The molecular formula is C15H19NOS. The van der Waals surface area contributed by atoms with E-state index in [1.807, 2.05) is 30.5 Å². The summed E-state index contributed by atoms with van der Waals surface area (Å²) in [5.74, 6) is 1.10. The van der Waals surface area contributed by atoms with Crippen molar-refractivity contribution in [3.05, 3.63) is 46.8 Å². The number of aromatic nitrogens is 1. The highest BCUT2D eigenvalue weighted by Gasteiger charge is 2.01. The molecule has 0 bridgehead atoms. The predicted molar refractivity (Wildman–Crippen MR) is 80.2 cm³/mol. The molecule has 1 aromatic heterocycles. The number of rotatable bonds is 6. The Hall–Kier alpha value is -1.22. The van der Waals surface area contributed by atoms with Crippen molar-refractivity contribution in [2.24, 2.45) is 0 Å². The fraction of sp³-hybridized carbons (Fsp3) is 0.400. The molecule has 0 amide bonds. The van der Waals surface area contributed by atoms with Crippen LogP contribution >= 0.6 is 11.9 Å². The van der Waals surface area contributed by atoms with Crippen molar-refractivity contribution in [3.63, 3.8) is 0 Å². The summed E-state index contributed by atoms with van der Waals surface area (Å²) in [6.07, 6.45) is 6.99. The average Bonchev–Trinajstić information content (AvgIpc) is 2.41. The predicted octanol–water partition coefficient (Wildman–Crippen LogP) is 4.08. The lowest BCUT2D eigenvalue weighted by molar-refractivity contribution is 0.706. The van der Waals surface area contributed by atoms with Gasteiger partial charge >= 0.3 is 0 Å². The third kappa shape index (κ3) is 3.16. The van der Waals surface area contributed by atoms with E-state index < -0.39 is 0 Å². The second-order valence-corrected chi connectivity index (χ2v) is 5.48. The minimum Gasteiger partial charge on any atom is -0.291 e. The zero-order chi connectivity index (χ0) is 12.8. The SMILES string of the molecule is CCCCCCSn1ccc(=O)c2ccccc21.